The van der Waals surface area contributed by atoms with Gasteiger partial charge in [-0.05, 0) is 30.2 Å². The van der Waals surface area contributed by atoms with Gasteiger partial charge in [-0.2, -0.15) is 0 Å². The summed E-state index contributed by atoms with van der Waals surface area (Å²) in [7, 11) is 0. The molecule has 0 heterocycles. The number of nitrogens with zero attached hydrogens (tertiary/aromatic N) is 1. The number of carbonyl (C=O) groups is 2. The predicted octanol–water partition coefficient (Wildman–Crippen LogP) is 2.95. The fraction of sp³-hybridized carbons (Fsp3) is 0.176. The third kappa shape index (κ3) is 4.39. The summed E-state index contributed by atoms with van der Waals surface area (Å²) in [6, 6.07) is 12.7. The van der Waals surface area contributed by atoms with Crippen LogP contribution in [0.5, 0.6) is 0 Å². The Labute approximate surface area is 138 Å². The number of rotatable bonds is 6. The average molecular weight is 328 g/mol. The van der Waals surface area contributed by atoms with Gasteiger partial charge in [-0.15, -0.1) is 0 Å². The zero-order valence-electron chi connectivity index (χ0n) is 13.0. The van der Waals surface area contributed by atoms with Crippen molar-refractivity contribution in [2.24, 2.45) is 0 Å². The van der Waals surface area contributed by atoms with Gasteiger partial charge in [0, 0.05) is 11.8 Å². The third-order valence-electron chi connectivity index (χ3n) is 3.30. The van der Waals surface area contributed by atoms with Gasteiger partial charge in [-0.3, -0.25) is 14.9 Å². The Morgan fingerprint density at radius 1 is 1.12 bits per heavy atom. The molecule has 0 radical (unpaired) electrons. The maximum Gasteiger partial charge on any atom is 0.345 e. The van der Waals surface area contributed by atoms with Crippen molar-refractivity contribution in [3.05, 3.63) is 69.8 Å². The molecule has 0 atom stereocenters. The minimum Gasteiger partial charge on any atom is -0.452 e. The van der Waals surface area contributed by atoms with E-state index in [-0.39, 0.29) is 11.3 Å². The minimum absolute atomic E-state index is 0.192. The topological polar surface area (TPSA) is 98.5 Å². The normalized spacial score (nSPS) is 10.0. The number of hydrogen-bond acceptors (Lipinski definition) is 5. The lowest BCUT2D eigenvalue weighted by Crippen LogP contribution is -2.21. The predicted molar refractivity (Wildman–Crippen MR) is 87.8 cm³/mol. The summed E-state index contributed by atoms with van der Waals surface area (Å²) in [5.74, 6) is -1.44. The molecule has 0 aromatic heterocycles. The molecule has 24 heavy (non-hydrogen) atoms. The first-order valence-electron chi connectivity index (χ1n) is 7.30. The molecule has 2 aromatic rings. The molecule has 7 nitrogen and oxygen atoms in total. The second-order valence-corrected chi connectivity index (χ2v) is 4.95. The number of esters is 1. The Bertz CT molecular complexity index is 756. The monoisotopic (exact) mass is 328 g/mol. The van der Waals surface area contributed by atoms with Gasteiger partial charge >= 0.3 is 5.97 Å². The Morgan fingerprint density at radius 3 is 2.42 bits per heavy atom. The zero-order valence-corrected chi connectivity index (χ0v) is 13.0. The summed E-state index contributed by atoms with van der Waals surface area (Å²) in [5, 5.41) is 13.5. The van der Waals surface area contributed by atoms with Crippen LogP contribution in [-0.4, -0.2) is 23.4 Å². The molecule has 0 saturated heterocycles. The first-order chi connectivity index (χ1) is 11.5. The minimum atomic E-state index is -0.918. The summed E-state index contributed by atoms with van der Waals surface area (Å²) >= 11 is 0. The molecule has 1 amide bonds. The molecule has 1 N–H and O–H groups in total. The summed E-state index contributed by atoms with van der Waals surface area (Å²) in [6.45, 7) is 1.50. The van der Waals surface area contributed by atoms with Gasteiger partial charge in [0.25, 0.3) is 11.6 Å². The molecule has 0 aliphatic carbocycles. The molecule has 2 rings (SSSR count). The summed E-state index contributed by atoms with van der Waals surface area (Å²) in [6.07, 6.45) is 0.891. The average Bonchev–Trinajstić information content (AvgIpc) is 2.60. The van der Waals surface area contributed by atoms with Crippen molar-refractivity contribution in [1.82, 2.24) is 0 Å². The van der Waals surface area contributed by atoms with E-state index in [9.17, 15) is 19.7 Å². The molecule has 0 aliphatic heterocycles. The number of hydrogen-bond donors (Lipinski definition) is 1. The molecule has 7 heteroatoms. The van der Waals surface area contributed by atoms with E-state index in [1.807, 2.05) is 19.1 Å². The summed E-state index contributed by atoms with van der Waals surface area (Å²) in [5.41, 5.74) is 1.16. The van der Waals surface area contributed by atoms with Crippen LogP contribution in [0.2, 0.25) is 0 Å². The zero-order chi connectivity index (χ0) is 17.5. The van der Waals surface area contributed by atoms with Crippen LogP contribution >= 0.6 is 0 Å². The lowest BCUT2D eigenvalue weighted by Gasteiger charge is -2.07. The van der Waals surface area contributed by atoms with Gasteiger partial charge in [-0.1, -0.05) is 31.2 Å². The molecule has 124 valence electrons. The number of ether oxygens (including phenoxy) is 1. The quantitative estimate of drug-likeness (QED) is 0.499. The number of para-hydroxylation sites is 1. The van der Waals surface area contributed by atoms with E-state index in [4.69, 9.17) is 4.74 Å². The number of aryl methyl sites for hydroxylation is 1. The van der Waals surface area contributed by atoms with Crippen LogP contribution in [0.15, 0.2) is 48.5 Å². The molecule has 0 bridgehead atoms. The first-order valence-corrected chi connectivity index (χ1v) is 7.30. The van der Waals surface area contributed by atoms with Gasteiger partial charge < -0.3 is 10.1 Å². The molecular weight excluding hydrogens is 312 g/mol. The Morgan fingerprint density at radius 2 is 1.79 bits per heavy atom. The Kier molecular flexibility index (Phi) is 5.62. The van der Waals surface area contributed by atoms with E-state index in [2.05, 4.69) is 5.32 Å². The summed E-state index contributed by atoms with van der Waals surface area (Å²) < 4.78 is 4.84. The number of carbonyl (C=O) groups excluding carboxylic acids is 2. The highest BCUT2D eigenvalue weighted by atomic mass is 16.6. The van der Waals surface area contributed by atoms with Crippen LogP contribution in [0.3, 0.4) is 0 Å². The van der Waals surface area contributed by atoms with Crippen molar-refractivity contribution in [3.63, 3.8) is 0 Å². The number of nitrogens with one attached hydrogen (secondary N) is 1. The fourth-order valence-electron chi connectivity index (χ4n) is 2.04. The van der Waals surface area contributed by atoms with Gasteiger partial charge in [0.05, 0.1) is 4.92 Å². The smallest absolute Gasteiger partial charge is 0.345 e. The maximum absolute atomic E-state index is 11.9. The maximum atomic E-state index is 11.9. The van der Waals surface area contributed by atoms with Crippen molar-refractivity contribution >= 4 is 23.3 Å². The highest BCUT2D eigenvalue weighted by Crippen LogP contribution is 2.18. The van der Waals surface area contributed by atoms with Gasteiger partial charge in [0.1, 0.15) is 5.56 Å². The van der Waals surface area contributed by atoms with Crippen LogP contribution < -0.4 is 5.32 Å². The van der Waals surface area contributed by atoms with Crippen molar-refractivity contribution in [2.75, 3.05) is 11.9 Å². The third-order valence-corrected chi connectivity index (χ3v) is 3.30. The van der Waals surface area contributed by atoms with Crippen molar-refractivity contribution in [2.45, 2.75) is 13.3 Å². The van der Waals surface area contributed by atoms with Gasteiger partial charge in [0.2, 0.25) is 0 Å². The van der Waals surface area contributed by atoms with E-state index in [1.165, 1.54) is 24.3 Å². The van der Waals surface area contributed by atoms with Crippen LogP contribution in [0.25, 0.3) is 0 Å². The standard InChI is InChI=1S/C17H16N2O5/c1-2-12-7-9-13(10-8-12)18-16(20)11-24-17(21)14-5-3-4-6-15(14)19(22)23/h3-10H,2,11H2,1H3,(H,18,20). The second-order valence-electron chi connectivity index (χ2n) is 4.95. The molecule has 0 aliphatic rings. The van der Waals surface area contributed by atoms with Crippen molar-refractivity contribution in [3.8, 4) is 0 Å². The van der Waals surface area contributed by atoms with E-state index >= 15 is 0 Å². The van der Waals surface area contributed by atoms with E-state index in [0.29, 0.717) is 5.69 Å². The molecule has 0 fully saturated rings. The molecule has 0 spiro atoms. The number of benzene rings is 2. The number of nitro groups is 1. The largest absolute Gasteiger partial charge is 0.452 e. The second kappa shape index (κ2) is 7.87. The van der Waals surface area contributed by atoms with Crippen LogP contribution in [0, 0.1) is 10.1 Å². The van der Waals surface area contributed by atoms with Gasteiger partial charge in [-0.25, -0.2) is 4.79 Å². The van der Waals surface area contributed by atoms with E-state index in [0.717, 1.165) is 12.0 Å². The number of amides is 1. The van der Waals surface area contributed by atoms with Gasteiger partial charge in [0.15, 0.2) is 6.61 Å². The van der Waals surface area contributed by atoms with Crippen LogP contribution in [0.4, 0.5) is 11.4 Å². The van der Waals surface area contributed by atoms with Crippen LogP contribution in [-0.2, 0) is 16.0 Å². The Balaban J connectivity index is 1.93. The van der Waals surface area contributed by atoms with E-state index in [1.54, 1.807) is 12.1 Å². The number of anilines is 1. The molecule has 2 aromatic carbocycles. The lowest BCUT2D eigenvalue weighted by atomic mass is 10.1. The summed E-state index contributed by atoms with van der Waals surface area (Å²) in [4.78, 5) is 33.9. The lowest BCUT2D eigenvalue weighted by molar-refractivity contribution is -0.385. The fourth-order valence-corrected chi connectivity index (χ4v) is 2.04. The van der Waals surface area contributed by atoms with Crippen LogP contribution in [0.1, 0.15) is 22.8 Å². The Hall–Kier alpha value is -3.22. The van der Waals surface area contributed by atoms with Crippen molar-refractivity contribution in [1.29, 1.82) is 0 Å². The first kappa shape index (κ1) is 17.1. The number of nitro benzene ring substituents is 1. The molecule has 0 unspecified atom stereocenters. The molecule has 0 saturated carbocycles. The SMILES string of the molecule is CCc1ccc(NC(=O)COC(=O)c2ccccc2[N+](=O)[O-])cc1. The molecular formula is C17H16N2O5. The van der Waals surface area contributed by atoms with E-state index < -0.39 is 23.4 Å². The van der Waals surface area contributed by atoms with Crippen molar-refractivity contribution < 1.29 is 19.2 Å². The highest BCUT2D eigenvalue weighted by molar-refractivity contribution is 5.97. The highest BCUT2D eigenvalue weighted by Gasteiger charge is 2.21.